The number of rotatable bonds is 8. The van der Waals surface area contributed by atoms with Gasteiger partial charge in [-0.3, -0.25) is 0 Å². The van der Waals surface area contributed by atoms with E-state index >= 15 is 0 Å². The summed E-state index contributed by atoms with van der Waals surface area (Å²) < 4.78 is 5.85. The Morgan fingerprint density at radius 3 is 2.60 bits per heavy atom. The average Bonchev–Trinajstić information content (AvgIpc) is 3.26. The Morgan fingerprint density at radius 1 is 1.30 bits per heavy atom. The first-order valence-corrected chi connectivity index (χ1v) is 7.90. The summed E-state index contributed by atoms with van der Waals surface area (Å²) in [4.78, 5) is 9.44. The van der Waals surface area contributed by atoms with E-state index in [0.717, 1.165) is 24.6 Å². The van der Waals surface area contributed by atoms with Crippen LogP contribution in [0.15, 0.2) is 6.07 Å². The molecule has 1 heterocycles. The average molecular weight is 277 g/mol. The van der Waals surface area contributed by atoms with Gasteiger partial charge in [0.05, 0.1) is 0 Å². The molecule has 0 bridgehead atoms. The van der Waals surface area contributed by atoms with Crippen molar-refractivity contribution in [3.63, 3.8) is 0 Å². The molecule has 1 atom stereocenters. The van der Waals surface area contributed by atoms with Crippen LogP contribution >= 0.6 is 0 Å². The van der Waals surface area contributed by atoms with E-state index in [0.29, 0.717) is 18.4 Å². The number of aromatic nitrogens is 2. The summed E-state index contributed by atoms with van der Waals surface area (Å²) in [6.07, 6.45) is 3.59. The van der Waals surface area contributed by atoms with Crippen LogP contribution in [0.25, 0.3) is 0 Å². The molecule has 0 spiro atoms. The third-order valence-corrected chi connectivity index (χ3v) is 3.52. The van der Waals surface area contributed by atoms with Crippen LogP contribution in [0.5, 0.6) is 0 Å². The van der Waals surface area contributed by atoms with Crippen LogP contribution in [-0.4, -0.2) is 23.1 Å². The molecule has 0 aliphatic heterocycles. The number of ether oxygens (including phenoxy) is 1. The van der Waals surface area contributed by atoms with Gasteiger partial charge in [0.15, 0.2) is 5.82 Å². The van der Waals surface area contributed by atoms with Gasteiger partial charge in [0.25, 0.3) is 0 Å². The quantitative estimate of drug-likeness (QED) is 0.782. The van der Waals surface area contributed by atoms with Gasteiger partial charge in [-0.25, -0.2) is 9.97 Å². The lowest BCUT2D eigenvalue weighted by atomic mass is 10.1. The van der Waals surface area contributed by atoms with Crippen molar-refractivity contribution in [2.75, 3.05) is 18.5 Å². The van der Waals surface area contributed by atoms with Gasteiger partial charge in [-0.2, -0.15) is 0 Å². The Balaban J connectivity index is 2.26. The van der Waals surface area contributed by atoms with Crippen molar-refractivity contribution >= 4 is 5.82 Å². The van der Waals surface area contributed by atoms with Crippen molar-refractivity contribution in [2.45, 2.75) is 59.0 Å². The second-order valence-corrected chi connectivity index (χ2v) is 5.86. The Hall–Kier alpha value is -1.16. The van der Waals surface area contributed by atoms with Crippen molar-refractivity contribution in [1.82, 2.24) is 9.97 Å². The maximum Gasteiger partial charge on any atom is 0.160 e. The Kier molecular flexibility index (Phi) is 5.35. The predicted molar refractivity (Wildman–Crippen MR) is 82.0 cm³/mol. The fourth-order valence-electron chi connectivity index (χ4n) is 2.29. The van der Waals surface area contributed by atoms with Gasteiger partial charge < -0.3 is 10.1 Å². The molecule has 2 rings (SSSR count). The van der Waals surface area contributed by atoms with Crippen LogP contribution in [-0.2, 0) is 4.74 Å². The maximum atomic E-state index is 5.85. The monoisotopic (exact) mass is 277 g/mol. The summed E-state index contributed by atoms with van der Waals surface area (Å²) in [5.41, 5.74) is 1.18. The summed E-state index contributed by atoms with van der Waals surface area (Å²) in [6, 6.07) is 2.11. The summed E-state index contributed by atoms with van der Waals surface area (Å²) in [5.74, 6) is 2.80. The van der Waals surface area contributed by atoms with Gasteiger partial charge in [-0.1, -0.05) is 20.8 Å². The topological polar surface area (TPSA) is 47.0 Å². The van der Waals surface area contributed by atoms with Crippen LogP contribution in [0, 0.1) is 5.92 Å². The lowest BCUT2D eigenvalue weighted by molar-refractivity contribution is 0.0231. The number of hydrogen-bond acceptors (Lipinski definition) is 4. The smallest absolute Gasteiger partial charge is 0.160 e. The molecule has 20 heavy (non-hydrogen) atoms. The molecule has 1 aliphatic carbocycles. The second kappa shape index (κ2) is 7.02. The molecule has 1 aromatic heterocycles. The summed E-state index contributed by atoms with van der Waals surface area (Å²) in [5, 5.41) is 3.39. The molecule has 1 saturated carbocycles. The minimum Gasteiger partial charge on any atom is -0.370 e. The number of anilines is 1. The molecule has 1 fully saturated rings. The highest BCUT2D eigenvalue weighted by Gasteiger charge is 2.28. The largest absolute Gasteiger partial charge is 0.370 e. The standard InChI is InChI=1S/C16H27N3O/c1-5-9-17-14-10-13(12-7-8-12)18-16(19-14)15(11(3)4)20-6-2/h10-12,15H,5-9H2,1-4H3,(H,17,18,19). The fraction of sp³-hybridized carbons (Fsp3) is 0.750. The first kappa shape index (κ1) is 15.2. The first-order valence-electron chi connectivity index (χ1n) is 7.90. The van der Waals surface area contributed by atoms with Crippen molar-refractivity contribution in [3.05, 3.63) is 17.6 Å². The zero-order valence-electron chi connectivity index (χ0n) is 13.1. The molecule has 0 radical (unpaired) electrons. The lowest BCUT2D eigenvalue weighted by Crippen LogP contribution is -2.17. The van der Waals surface area contributed by atoms with Gasteiger partial charge >= 0.3 is 0 Å². The summed E-state index contributed by atoms with van der Waals surface area (Å²) in [6.45, 7) is 10.1. The zero-order chi connectivity index (χ0) is 14.5. The molecule has 0 saturated heterocycles. The van der Waals surface area contributed by atoms with Gasteiger partial charge in [0.1, 0.15) is 11.9 Å². The van der Waals surface area contributed by atoms with E-state index in [2.05, 4.69) is 37.1 Å². The van der Waals surface area contributed by atoms with Crippen molar-refractivity contribution in [2.24, 2.45) is 5.92 Å². The van der Waals surface area contributed by atoms with Crippen LogP contribution in [0.1, 0.15) is 70.5 Å². The van der Waals surface area contributed by atoms with Gasteiger partial charge in [0.2, 0.25) is 0 Å². The lowest BCUT2D eigenvalue weighted by Gasteiger charge is -2.21. The molecule has 1 aliphatic rings. The molecule has 1 unspecified atom stereocenters. The SMILES string of the molecule is CCCNc1cc(C2CC2)nc(C(OCC)C(C)C)n1. The van der Waals surface area contributed by atoms with E-state index < -0.39 is 0 Å². The molecular weight excluding hydrogens is 250 g/mol. The minimum atomic E-state index is -0.0131. The highest BCUT2D eigenvalue weighted by atomic mass is 16.5. The molecule has 0 amide bonds. The van der Waals surface area contributed by atoms with Gasteiger partial charge in [-0.15, -0.1) is 0 Å². The highest BCUT2D eigenvalue weighted by molar-refractivity contribution is 5.38. The Labute approximate surface area is 122 Å². The number of hydrogen-bond donors (Lipinski definition) is 1. The van der Waals surface area contributed by atoms with E-state index in [1.165, 1.54) is 18.5 Å². The molecule has 4 heteroatoms. The molecular formula is C16H27N3O. The van der Waals surface area contributed by atoms with Crippen LogP contribution in [0.4, 0.5) is 5.82 Å². The first-order chi connectivity index (χ1) is 9.65. The van der Waals surface area contributed by atoms with Gasteiger partial charge in [-0.05, 0) is 32.1 Å². The van der Waals surface area contributed by atoms with Crippen molar-refractivity contribution in [1.29, 1.82) is 0 Å². The van der Waals surface area contributed by atoms with E-state index in [9.17, 15) is 0 Å². The maximum absolute atomic E-state index is 5.85. The fourth-order valence-corrected chi connectivity index (χ4v) is 2.29. The molecule has 1 N–H and O–H groups in total. The predicted octanol–water partition coefficient (Wildman–Crippen LogP) is 3.91. The minimum absolute atomic E-state index is 0.0131. The van der Waals surface area contributed by atoms with E-state index in [1.54, 1.807) is 0 Å². The number of nitrogens with zero attached hydrogens (tertiary/aromatic N) is 2. The van der Waals surface area contributed by atoms with Crippen molar-refractivity contribution in [3.8, 4) is 0 Å². The normalized spacial score (nSPS) is 16.4. The second-order valence-electron chi connectivity index (χ2n) is 5.86. The third kappa shape index (κ3) is 3.92. The number of nitrogens with one attached hydrogen (secondary N) is 1. The van der Waals surface area contributed by atoms with E-state index in [1.807, 2.05) is 6.92 Å². The molecule has 4 nitrogen and oxygen atoms in total. The van der Waals surface area contributed by atoms with Crippen LogP contribution < -0.4 is 5.32 Å². The molecule has 1 aromatic rings. The van der Waals surface area contributed by atoms with E-state index in [-0.39, 0.29) is 6.10 Å². The summed E-state index contributed by atoms with van der Waals surface area (Å²) >= 11 is 0. The van der Waals surface area contributed by atoms with Crippen LogP contribution in [0.3, 0.4) is 0 Å². The molecule has 112 valence electrons. The Bertz CT molecular complexity index is 430. The summed E-state index contributed by atoms with van der Waals surface area (Å²) in [7, 11) is 0. The Morgan fingerprint density at radius 2 is 2.05 bits per heavy atom. The van der Waals surface area contributed by atoms with Crippen molar-refractivity contribution < 1.29 is 4.74 Å². The highest BCUT2D eigenvalue weighted by Crippen LogP contribution is 2.40. The van der Waals surface area contributed by atoms with E-state index in [4.69, 9.17) is 9.72 Å². The zero-order valence-corrected chi connectivity index (χ0v) is 13.1. The van der Waals surface area contributed by atoms with Gasteiger partial charge in [0, 0.05) is 30.8 Å². The molecule has 0 aromatic carbocycles. The third-order valence-electron chi connectivity index (χ3n) is 3.52. The van der Waals surface area contributed by atoms with Crippen LogP contribution in [0.2, 0.25) is 0 Å².